The average Bonchev–Trinajstić information content (AvgIpc) is 2.84. The number of aryl methyl sites for hydroxylation is 1. The number of aromatic amines is 1. The number of nitrogens with one attached hydrogen (secondary N) is 1. The molecule has 2 aromatic heterocycles. The summed E-state index contributed by atoms with van der Waals surface area (Å²) in [6.45, 7) is 3.14. The molecular formula is C16H19N3O3. The molecule has 0 aliphatic heterocycles. The number of hydrogen-bond acceptors (Lipinski definition) is 3. The second-order valence-electron chi connectivity index (χ2n) is 5.92. The summed E-state index contributed by atoms with van der Waals surface area (Å²) in [6.07, 6.45) is 3.09. The van der Waals surface area contributed by atoms with Gasteiger partial charge in [-0.1, -0.05) is 11.8 Å². The van der Waals surface area contributed by atoms with Crippen molar-refractivity contribution >= 4 is 16.8 Å². The minimum Gasteiger partial charge on any atom is -0.378 e. The molecule has 0 bridgehead atoms. The number of rotatable bonds is 1. The van der Waals surface area contributed by atoms with Crippen LogP contribution in [0.3, 0.4) is 0 Å². The third kappa shape index (κ3) is 2.90. The lowest BCUT2D eigenvalue weighted by molar-refractivity contribution is 0.0829. The molecular weight excluding hydrogens is 282 g/mol. The van der Waals surface area contributed by atoms with Crippen molar-refractivity contribution in [3.63, 3.8) is 0 Å². The number of amides is 1. The molecule has 22 heavy (non-hydrogen) atoms. The molecule has 0 saturated carbocycles. The topological polar surface area (TPSA) is 78.3 Å². The van der Waals surface area contributed by atoms with Gasteiger partial charge in [0.25, 0.3) is 11.5 Å². The third-order valence-electron chi connectivity index (χ3n) is 3.15. The molecule has 6 heteroatoms. The number of H-pyrrole nitrogens is 1. The van der Waals surface area contributed by atoms with Gasteiger partial charge in [-0.05, 0) is 13.8 Å². The number of pyridine rings is 1. The van der Waals surface area contributed by atoms with Gasteiger partial charge in [-0.3, -0.25) is 9.59 Å². The summed E-state index contributed by atoms with van der Waals surface area (Å²) in [5.74, 6) is 5.36. The summed E-state index contributed by atoms with van der Waals surface area (Å²) < 4.78 is 1.40. The highest BCUT2D eigenvalue weighted by Crippen LogP contribution is 2.20. The minimum atomic E-state index is -1.16. The molecule has 2 heterocycles. The fourth-order valence-corrected chi connectivity index (χ4v) is 2.09. The van der Waals surface area contributed by atoms with E-state index in [1.165, 1.54) is 15.7 Å². The van der Waals surface area contributed by atoms with E-state index < -0.39 is 5.60 Å². The molecule has 0 atom stereocenters. The van der Waals surface area contributed by atoms with Gasteiger partial charge in [-0.15, -0.1) is 0 Å². The Balaban J connectivity index is 2.82. The summed E-state index contributed by atoms with van der Waals surface area (Å²) in [5, 5.41) is 10.3. The lowest BCUT2D eigenvalue weighted by Crippen LogP contribution is -2.22. The second-order valence-corrected chi connectivity index (χ2v) is 5.92. The van der Waals surface area contributed by atoms with Crippen LogP contribution in [-0.2, 0) is 7.05 Å². The summed E-state index contributed by atoms with van der Waals surface area (Å²) >= 11 is 0. The highest BCUT2D eigenvalue weighted by molar-refractivity contribution is 6.08. The van der Waals surface area contributed by atoms with Crippen LogP contribution in [0.25, 0.3) is 10.9 Å². The number of carbonyl (C=O) groups is 1. The summed E-state index contributed by atoms with van der Waals surface area (Å²) in [7, 11) is 4.90. The van der Waals surface area contributed by atoms with Crippen molar-refractivity contribution in [3.8, 4) is 11.8 Å². The first kappa shape index (κ1) is 15.9. The van der Waals surface area contributed by atoms with Crippen LogP contribution in [0.15, 0.2) is 17.2 Å². The molecule has 0 fully saturated rings. The Morgan fingerprint density at radius 2 is 2.05 bits per heavy atom. The Labute approximate surface area is 128 Å². The predicted molar refractivity (Wildman–Crippen MR) is 84.7 cm³/mol. The van der Waals surface area contributed by atoms with Gasteiger partial charge in [-0.2, -0.15) is 0 Å². The van der Waals surface area contributed by atoms with E-state index in [9.17, 15) is 14.7 Å². The van der Waals surface area contributed by atoms with Crippen LogP contribution in [0, 0.1) is 11.8 Å². The highest BCUT2D eigenvalue weighted by atomic mass is 16.3. The Bertz CT molecular complexity index is 855. The van der Waals surface area contributed by atoms with Gasteiger partial charge in [0.05, 0.1) is 11.1 Å². The fraction of sp³-hybridized carbons (Fsp3) is 0.375. The molecule has 0 radical (unpaired) electrons. The second kappa shape index (κ2) is 5.35. The Kier molecular flexibility index (Phi) is 3.86. The smallest absolute Gasteiger partial charge is 0.274 e. The number of aliphatic hydroxyl groups is 1. The number of aromatic nitrogens is 2. The Hall–Kier alpha value is -2.52. The first-order chi connectivity index (χ1) is 10.1. The van der Waals surface area contributed by atoms with E-state index in [4.69, 9.17) is 0 Å². The number of carbonyl (C=O) groups excluding carboxylic acids is 1. The number of fused-ring (bicyclic) bond motifs is 1. The summed E-state index contributed by atoms with van der Waals surface area (Å²) in [4.78, 5) is 28.8. The van der Waals surface area contributed by atoms with Gasteiger partial charge < -0.3 is 19.6 Å². The highest BCUT2D eigenvalue weighted by Gasteiger charge is 2.19. The standard InChI is InChI=1S/C16H19N3O3/c1-16(2,22)7-6-10-9-19(5)15(21)13-12(10)11(8-17-13)14(20)18(3)4/h8-9,17,22H,1-5H3. The molecule has 0 saturated heterocycles. The zero-order valence-corrected chi connectivity index (χ0v) is 13.3. The zero-order valence-electron chi connectivity index (χ0n) is 13.3. The minimum absolute atomic E-state index is 0.217. The first-order valence-electron chi connectivity index (χ1n) is 6.79. The van der Waals surface area contributed by atoms with Gasteiger partial charge in [-0.25, -0.2) is 0 Å². The predicted octanol–water partition coefficient (Wildman–Crippen LogP) is 0.691. The largest absolute Gasteiger partial charge is 0.378 e. The molecule has 0 aliphatic carbocycles. The van der Waals surface area contributed by atoms with E-state index in [0.29, 0.717) is 22.0 Å². The molecule has 0 aliphatic rings. The normalized spacial score (nSPS) is 11.2. The molecule has 1 amide bonds. The van der Waals surface area contributed by atoms with Crippen molar-refractivity contribution in [2.24, 2.45) is 7.05 Å². The monoisotopic (exact) mass is 301 g/mol. The molecule has 0 unspecified atom stereocenters. The van der Waals surface area contributed by atoms with Crippen molar-refractivity contribution in [2.45, 2.75) is 19.4 Å². The van der Waals surface area contributed by atoms with E-state index in [-0.39, 0.29) is 11.5 Å². The van der Waals surface area contributed by atoms with E-state index >= 15 is 0 Å². The van der Waals surface area contributed by atoms with Crippen molar-refractivity contribution in [2.75, 3.05) is 14.1 Å². The van der Waals surface area contributed by atoms with Crippen LogP contribution in [0.1, 0.15) is 29.8 Å². The fourth-order valence-electron chi connectivity index (χ4n) is 2.09. The van der Waals surface area contributed by atoms with E-state index in [1.807, 2.05) is 0 Å². The van der Waals surface area contributed by atoms with Gasteiger partial charge in [0, 0.05) is 38.9 Å². The average molecular weight is 301 g/mol. The molecule has 0 spiro atoms. The molecule has 0 aromatic carbocycles. The molecule has 2 N–H and O–H groups in total. The van der Waals surface area contributed by atoms with Crippen molar-refractivity contribution in [3.05, 3.63) is 33.9 Å². The van der Waals surface area contributed by atoms with Crippen molar-refractivity contribution < 1.29 is 9.90 Å². The lowest BCUT2D eigenvalue weighted by atomic mass is 10.1. The maximum absolute atomic E-state index is 12.3. The number of nitrogens with zero attached hydrogens (tertiary/aromatic N) is 2. The van der Waals surface area contributed by atoms with Crippen molar-refractivity contribution in [1.82, 2.24) is 14.5 Å². The van der Waals surface area contributed by atoms with E-state index in [1.54, 1.807) is 41.2 Å². The molecule has 2 aromatic rings. The van der Waals surface area contributed by atoms with E-state index in [2.05, 4.69) is 16.8 Å². The third-order valence-corrected chi connectivity index (χ3v) is 3.15. The van der Waals surface area contributed by atoms with Crippen molar-refractivity contribution in [1.29, 1.82) is 0 Å². The lowest BCUT2D eigenvalue weighted by Gasteiger charge is -2.10. The van der Waals surface area contributed by atoms with Crippen LogP contribution < -0.4 is 5.56 Å². The SMILES string of the molecule is CN(C)C(=O)c1c[nH]c2c(=O)n(C)cc(C#CC(C)(C)O)c12. The van der Waals surface area contributed by atoms with Gasteiger partial charge in [0.1, 0.15) is 11.1 Å². The van der Waals surface area contributed by atoms with Gasteiger partial charge in [0.15, 0.2) is 0 Å². The van der Waals surface area contributed by atoms with Crippen LogP contribution >= 0.6 is 0 Å². The van der Waals surface area contributed by atoms with Crippen LogP contribution in [-0.4, -0.2) is 45.2 Å². The molecule has 116 valence electrons. The Morgan fingerprint density at radius 1 is 1.41 bits per heavy atom. The maximum Gasteiger partial charge on any atom is 0.274 e. The maximum atomic E-state index is 12.3. The molecule has 2 rings (SSSR count). The Morgan fingerprint density at radius 3 is 2.59 bits per heavy atom. The van der Waals surface area contributed by atoms with Gasteiger partial charge >= 0.3 is 0 Å². The van der Waals surface area contributed by atoms with Gasteiger partial charge in [0.2, 0.25) is 0 Å². The summed E-state index contributed by atoms with van der Waals surface area (Å²) in [5.41, 5.74) is -0.163. The first-order valence-corrected chi connectivity index (χ1v) is 6.79. The zero-order chi connectivity index (χ0) is 16.7. The number of hydrogen-bond donors (Lipinski definition) is 2. The van der Waals surface area contributed by atoms with E-state index in [0.717, 1.165) is 0 Å². The molecule has 6 nitrogen and oxygen atoms in total. The summed E-state index contributed by atoms with van der Waals surface area (Å²) in [6, 6.07) is 0. The van der Waals surface area contributed by atoms with Crippen LogP contribution in [0.4, 0.5) is 0 Å². The quantitative estimate of drug-likeness (QED) is 0.761. The van der Waals surface area contributed by atoms with Crippen LogP contribution in [0.2, 0.25) is 0 Å². The van der Waals surface area contributed by atoms with Crippen LogP contribution in [0.5, 0.6) is 0 Å².